The first kappa shape index (κ1) is 23.6. The molecule has 30 heavy (non-hydrogen) atoms. The first-order valence-electron chi connectivity index (χ1n) is 10.0. The van der Waals surface area contributed by atoms with Crippen LogP contribution in [0, 0.1) is 19.8 Å². The fraction of sp³-hybridized carbons (Fsp3) is 0.522. The van der Waals surface area contributed by atoms with Crippen molar-refractivity contribution in [2.75, 3.05) is 14.2 Å². The molecule has 3 unspecified atom stereocenters. The SMILES string of the molecule is CCC(=O)OC1(OC(=O)C(C)CC)c2cc(C)c(C)cc2C(C=O)=C(OC)C1OC. The Labute approximate surface area is 177 Å². The average molecular weight is 418 g/mol. The molecule has 7 heteroatoms. The van der Waals surface area contributed by atoms with Crippen LogP contribution in [-0.2, 0) is 39.1 Å². The summed E-state index contributed by atoms with van der Waals surface area (Å²) in [4.78, 5) is 37.4. The number of esters is 2. The lowest BCUT2D eigenvalue weighted by Gasteiger charge is -2.43. The Morgan fingerprint density at radius 2 is 1.77 bits per heavy atom. The van der Waals surface area contributed by atoms with Crippen molar-refractivity contribution in [2.24, 2.45) is 5.92 Å². The number of rotatable bonds is 8. The molecule has 0 heterocycles. The van der Waals surface area contributed by atoms with Crippen molar-refractivity contribution in [3.63, 3.8) is 0 Å². The highest BCUT2D eigenvalue weighted by Crippen LogP contribution is 2.47. The number of carbonyl (C=O) groups excluding carboxylic acids is 3. The van der Waals surface area contributed by atoms with E-state index in [1.54, 1.807) is 26.0 Å². The maximum absolute atomic E-state index is 12.9. The maximum atomic E-state index is 12.9. The minimum absolute atomic E-state index is 0.0613. The van der Waals surface area contributed by atoms with Gasteiger partial charge in [0, 0.05) is 19.1 Å². The zero-order valence-corrected chi connectivity index (χ0v) is 18.7. The van der Waals surface area contributed by atoms with Gasteiger partial charge in [-0.25, -0.2) is 0 Å². The predicted octanol–water partition coefficient (Wildman–Crippen LogP) is 3.58. The van der Waals surface area contributed by atoms with E-state index in [1.807, 2.05) is 20.8 Å². The zero-order chi connectivity index (χ0) is 22.6. The Morgan fingerprint density at radius 3 is 2.27 bits per heavy atom. The van der Waals surface area contributed by atoms with E-state index in [0.717, 1.165) is 11.1 Å². The number of aryl methyl sites for hydroxylation is 2. The van der Waals surface area contributed by atoms with Gasteiger partial charge in [0.25, 0.3) is 0 Å². The fourth-order valence-electron chi connectivity index (χ4n) is 3.41. The normalized spacial score (nSPS) is 21.5. The molecule has 0 radical (unpaired) electrons. The van der Waals surface area contributed by atoms with Gasteiger partial charge in [-0.1, -0.05) is 26.8 Å². The molecular formula is C23H30O7. The van der Waals surface area contributed by atoms with Crippen molar-refractivity contribution in [2.45, 2.75) is 59.4 Å². The number of carbonyl (C=O) groups is 3. The highest BCUT2D eigenvalue weighted by molar-refractivity contribution is 6.09. The van der Waals surface area contributed by atoms with Gasteiger partial charge in [0.1, 0.15) is 5.76 Å². The first-order chi connectivity index (χ1) is 14.2. The molecule has 1 aliphatic rings. The Hall–Kier alpha value is -2.67. The summed E-state index contributed by atoms with van der Waals surface area (Å²) in [5.41, 5.74) is 2.90. The number of methoxy groups -OCH3 is 2. The molecular weight excluding hydrogens is 388 g/mol. The number of benzene rings is 1. The molecule has 7 nitrogen and oxygen atoms in total. The van der Waals surface area contributed by atoms with Gasteiger partial charge >= 0.3 is 17.7 Å². The number of aldehydes is 1. The van der Waals surface area contributed by atoms with Gasteiger partial charge in [0.15, 0.2) is 12.4 Å². The summed E-state index contributed by atoms with van der Waals surface area (Å²) in [5, 5.41) is 0. The van der Waals surface area contributed by atoms with Crippen molar-refractivity contribution in [1.29, 1.82) is 0 Å². The molecule has 0 bridgehead atoms. The number of allylic oxidation sites excluding steroid dienone is 1. The molecule has 1 aliphatic carbocycles. The number of ether oxygens (including phenoxy) is 4. The fourth-order valence-corrected chi connectivity index (χ4v) is 3.41. The van der Waals surface area contributed by atoms with E-state index in [9.17, 15) is 14.4 Å². The highest BCUT2D eigenvalue weighted by Gasteiger charge is 2.56. The second-order valence-corrected chi connectivity index (χ2v) is 7.42. The summed E-state index contributed by atoms with van der Waals surface area (Å²) in [6.45, 7) is 9.02. The monoisotopic (exact) mass is 418 g/mol. The summed E-state index contributed by atoms with van der Waals surface area (Å²) in [7, 11) is 2.77. The van der Waals surface area contributed by atoms with E-state index in [2.05, 4.69) is 0 Å². The number of fused-ring (bicyclic) bond motifs is 1. The third kappa shape index (κ3) is 3.99. The Bertz CT molecular complexity index is 871. The van der Waals surface area contributed by atoms with Crippen LogP contribution >= 0.6 is 0 Å². The van der Waals surface area contributed by atoms with Gasteiger partial charge in [-0.3, -0.25) is 14.4 Å². The molecule has 0 aromatic heterocycles. The largest absolute Gasteiger partial charge is 0.497 e. The van der Waals surface area contributed by atoms with Gasteiger partial charge in [-0.05, 0) is 43.0 Å². The molecule has 0 amide bonds. The average Bonchev–Trinajstić information content (AvgIpc) is 2.73. The van der Waals surface area contributed by atoms with Crippen LogP contribution in [0.15, 0.2) is 17.9 Å². The molecule has 0 fully saturated rings. The third-order valence-electron chi connectivity index (χ3n) is 5.54. The Kier molecular flexibility index (Phi) is 7.42. The summed E-state index contributed by atoms with van der Waals surface area (Å²) in [6, 6.07) is 3.56. The van der Waals surface area contributed by atoms with Crippen LogP contribution in [0.1, 0.15) is 55.9 Å². The van der Waals surface area contributed by atoms with Gasteiger partial charge in [0.05, 0.1) is 18.6 Å². The Balaban J connectivity index is 2.91. The number of hydrogen-bond donors (Lipinski definition) is 0. The maximum Gasteiger partial charge on any atom is 0.317 e. The highest BCUT2D eigenvalue weighted by atomic mass is 16.8. The topological polar surface area (TPSA) is 88.1 Å². The van der Waals surface area contributed by atoms with E-state index in [-0.39, 0.29) is 17.8 Å². The minimum atomic E-state index is -1.92. The van der Waals surface area contributed by atoms with Crippen molar-refractivity contribution < 1.29 is 33.3 Å². The smallest absolute Gasteiger partial charge is 0.317 e. The molecule has 0 N–H and O–H groups in total. The van der Waals surface area contributed by atoms with Crippen molar-refractivity contribution >= 4 is 23.8 Å². The van der Waals surface area contributed by atoms with E-state index in [4.69, 9.17) is 18.9 Å². The van der Waals surface area contributed by atoms with Gasteiger partial charge in [-0.15, -0.1) is 0 Å². The minimum Gasteiger partial charge on any atom is -0.497 e. The van der Waals surface area contributed by atoms with Gasteiger partial charge in [-0.2, -0.15) is 0 Å². The molecule has 2 rings (SSSR count). The Morgan fingerprint density at radius 1 is 1.13 bits per heavy atom. The third-order valence-corrected chi connectivity index (χ3v) is 5.54. The lowest BCUT2D eigenvalue weighted by Crippen LogP contribution is -2.52. The standard InChI is InChI=1S/C23H30O7/c1-8-13(3)22(26)30-23(29-19(25)9-2)18-11-15(5)14(4)10-16(18)17(12-24)20(27-6)21(23)28-7/h10-13,21H,8-9H2,1-7H3. The molecule has 3 atom stereocenters. The molecule has 0 aliphatic heterocycles. The molecule has 0 saturated heterocycles. The predicted molar refractivity (Wildman–Crippen MR) is 110 cm³/mol. The lowest BCUT2D eigenvalue weighted by molar-refractivity contribution is -0.273. The van der Waals surface area contributed by atoms with Crippen molar-refractivity contribution in [3.8, 4) is 0 Å². The van der Waals surface area contributed by atoms with Crippen LogP contribution in [0.3, 0.4) is 0 Å². The van der Waals surface area contributed by atoms with Crippen LogP contribution in [0.4, 0.5) is 0 Å². The molecule has 0 spiro atoms. The first-order valence-corrected chi connectivity index (χ1v) is 10.0. The van der Waals surface area contributed by atoms with E-state index >= 15 is 0 Å². The second kappa shape index (κ2) is 9.43. The molecule has 1 aromatic carbocycles. The molecule has 1 aromatic rings. The van der Waals surface area contributed by atoms with E-state index < -0.39 is 29.7 Å². The lowest BCUT2D eigenvalue weighted by atomic mass is 9.81. The van der Waals surface area contributed by atoms with Crippen LogP contribution in [0.2, 0.25) is 0 Å². The van der Waals surface area contributed by atoms with Crippen LogP contribution < -0.4 is 0 Å². The van der Waals surface area contributed by atoms with Crippen LogP contribution in [-0.4, -0.2) is 38.5 Å². The quantitative estimate of drug-likeness (QED) is 0.362. The molecule has 164 valence electrons. The number of hydrogen-bond acceptors (Lipinski definition) is 7. The zero-order valence-electron chi connectivity index (χ0n) is 18.7. The van der Waals surface area contributed by atoms with E-state index in [1.165, 1.54) is 14.2 Å². The summed E-state index contributed by atoms with van der Waals surface area (Å²) < 4.78 is 22.9. The van der Waals surface area contributed by atoms with Crippen molar-refractivity contribution in [1.82, 2.24) is 0 Å². The van der Waals surface area contributed by atoms with Crippen LogP contribution in [0.25, 0.3) is 5.57 Å². The molecule has 0 saturated carbocycles. The van der Waals surface area contributed by atoms with Crippen LogP contribution in [0.5, 0.6) is 0 Å². The van der Waals surface area contributed by atoms with E-state index in [0.29, 0.717) is 23.8 Å². The summed E-state index contributed by atoms with van der Waals surface area (Å²) in [6.07, 6.45) is 0.119. The van der Waals surface area contributed by atoms with Crippen molar-refractivity contribution in [3.05, 3.63) is 40.1 Å². The summed E-state index contributed by atoms with van der Waals surface area (Å²) in [5.74, 6) is -3.35. The summed E-state index contributed by atoms with van der Waals surface area (Å²) >= 11 is 0. The second-order valence-electron chi connectivity index (χ2n) is 7.42. The van der Waals surface area contributed by atoms with Gasteiger partial charge in [0.2, 0.25) is 0 Å². The van der Waals surface area contributed by atoms with Gasteiger partial charge < -0.3 is 18.9 Å².